The van der Waals surface area contributed by atoms with E-state index < -0.39 is 11.2 Å². The van der Waals surface area contributed by atoms with E-state index in [1.807, 2.05) is 26.0 Å². The van der Waals surface area contributed by atoms with Crippen LogP contribution in [0.1, 0.15) is 44.2 Å². The summed E-state index contributed by atoms with van der Waals surface area (Å²) in [7, 11) is 0. The van der Waals surface area contributed by atoms with Crippen LogP contribution in [0.15, 0.2) is 59.4 Å². The number of nitriles is 1. The molecule has 2 N–H and O–H groups in total. The summed E-state index contributed by atoms with van der Waals surface area (Å²) in [5, 5.41) is 16.1. The van der Waals surface area contributed by atoms with Gasteiger partial charge >= 0.3 is 0 Å². The Hall–Kier alpha value is -3.35. The van der Waals surface area contributed by atoms with Crippen LogP contribution in [0.2, 0.25) is 0 Å². The lowest BCUT2D eigenvalue weighted by Crippen LogP contribution is -2.37. The average molecular weight is 547 g/mol. The van der Waals surface area contributed by atoms with Crippen LogP contribution < -0.4 is 10.6 Å². The second-order valence-electron chi connectivity index (χ2n) is 10.3. The molecule has 2 aliphatic rings. The van der Waals surface area contributed by atoms with Crippen molar-refractivity contribution in [3.8, 4) is 6.07 Å². The Bertz CT molecular complexity index is 1190. The van der Waals surface area contributed by atoms with Crippen molar-refractivity contribution >= 4 is 29.3 Å². The van der Waals surface area contributed by atoms with Gasteiger partial charge in [-0.3, -0.25) is 14.6 Å². The number of aromatic nitrogens is 1. The highest BCUT2D eigenvalue weighted by atomic mass is 32.2. The molecule has 9 heteroatoms. The van der Waals surface area contributed by atoms with E-state index in [0.717, 1.165) is 24.2 Å². The molecule has 1 aromatic heterocycles. The molecule has 0 aliphatic carbocycles. The number of piperidine rings is 1. The van der Waals surface area contributed by atoms with Crippen LogP contribution in [0.3, 0.4) is 0 Å². The van der Waals surface area contributed by atoms with Crippen LogP contribution in [0.25, 0.3) is 0 Å². The van der Waals surface area contributed by atoms with E-state index >= 15 is 0 Å². The number of pyridine rings is 1. The van der Waals surface area contributed by atoms with E-state index in [1.165, 1.54) is 49.7 Å². The number of hydrogen-bond acceptors (Lipinski definition) is 7. The minimum Gasteiger partial charge on any atom is -0.383 e. The van der Waals surface area contributed by atoms with Crippen LogP contribution in [-0.4, -0.2) is 70.6 Å². The Kier molecular flexibility index (Phi) is 10.4. The van der Waals surface area contributed by atoms with Crippen molar-refractivity contribution in [2.75, 3.05) is 38.0 Å². The topological polar surface area (TPSA) is 101 Å². The maximum atomic E-state index is 13.3. The number of nitrogens with one attached hydrogen (secondary N) is 2. The fraction of sp³-hybridized carbons (Fsp3) is 0.467. The van der Waals surface area contributed by atoms with E-state index in [4.69, 9.17) is 0 Å². The number of carbonyl (C=O) groups is 2. The molecule has 1 unspecified atom stereocenters. The van der Waals surface area contributed by atoms with E-state index in [0.29, 0.717) is 24.5 Å². The normalized spacial score (nSPS) is 19.2. The average Bonchev–Trinajstić information content (AvgIpc) is 3.28. The van der Waals surface area contributed by atoms with Gasteiger partial charge in [0.25, 0.3) is 5.91 Å². The number of amides is 2. The molecule has 0 radical (unpaired) electrons. The lowest BCUT2D eigenvalue weighted by Gasteiger charge is -2.26. The van der Waals surface area contributed by atoms with Crippen LogP contribution in [0, 0.1) is 11.3 Å². The van der Waals surface area contributed by atoms with Gasteiger partial charge in [-0.2, -0.15) is 5.26 Å². The summed E-state index contributed by atoms with van der Waals surface area (Å²) in [6.07, 6.45) is 9.06. The molecule has 0 bridgehead atoms. The summed E-state index contributed by atoms with van der Waals surface area (Å²) >= 11 is 1.29. The number of thioether (sulfide) groups is 1. The highest BCUT2D eigenvalue weighted by Gasteiger charge is 2.41. The fourth-order valence-electron chi connectivity index (χ4n) is 4.92. The Balaban J connectivity index is 1.34. The number of benzene rings is 1. The summed E-state index contributed by atoms with van der Waals surface area (Å²) < 4.78 is 0. The van der Waals surface area contributed by atoms with Gasteiger partial charge in [0.1, 0.15) is 21.9 Å². The smallest absolute Gasteiger partial charge is 0.264 e. The molecular formula is C30H38N6O2S. The van der Waals surface area contributed by atoms with Gasteiger partial charge < -0.3 is 20.4 Å². The van der Waals surface area contributed by atoms with Crippen molar-refractivity contribution in [1.82, 2.24) is 20.1 Å². The molecule has 0 saturated carbocycles. The van der Waals surface area contributed by atoms with Gasteiger partial charge in [0, 0.05) is 43.8 Å². The molecule has 2 saturated heterocycles. The fourth-order valence-corrected chi connectivity index (χ4v) is 6.24. The van der Waals surface area contributed by atoms with E-state index in [2.05, 4.69) is 50.9 Å². The standard InChI is InChI=1S/C30H38N6O2S/c1-22(2)36-29(38)27(21-34-25-10-8-23(9-11-25)13-18-35-16-4-3-5-17-35)39-30(36)26(19-31)28(37)33-15-12-24-7-6-14-32-20-24/h6-11,14,20,22,27,34H,3-5,12-13,15-18,21H2,1-2H3,(H,33,37)/b30-26-. The molecule has 2 aliphatic heterocycles. The summed E-state index contributed by atoms with van der Waals surface area (Å²) in [6.45, 7) is 8.08. The number of nitrogens with zero attached hydrogens (tertiary/aromatic N) is 4. The molecular weight excluding hydrogens is 508 g/mol. The van der Waals surface area contributed by atoms with E-state index in [9.17, 15) is 14.9 Å². The van der Waals surface area contributed by atoms with Crippen molar-refractivity contribution < 1.29 is 9.59 Å². The van der Waals surface area contributed by atoms with Crippen molar-refractivity contribution in [3.05, 3.63) is 70.5 Å². The molecule has 2 fully saturated rings. The molecule has 4 rings (SSSR count). The molecule has 2 amide bonds. The zero-order chi connectivity index (χ0) is 27.6. The van der Waals surface area contributed by atoms with Crippen molar-refractivity contribution in [2.45, 2.75) is 57.2 Å². The molecule has 206 valence electrons. The third kappa shape index (κ3) is 7.84. The van der Waals surface area contributed by atoms with E-state index in [1.54, 1.807) is 17.3 Å². The predicted octanol–water partition coefficient (Wildman–Crippen LogP) is 3.97. The summed E-state index contributed by atoms with van der Waals surface area (Å²) in [6, 6.07) is 14.1. The number of likely N-dealkylation sites (tertiary alicyclic amines) is 1. The lowest BCUT2D eigenvalue weighted by molar-refractivity contribution is -0.128. The van der Waals surface area contributed by atoms with Gasteiger partial charge in [0.05, 0.1) is 0 Å². The molecule has 39 heavy (non-hydrogen) atoms. The zero-order valence-electron chi connectivity index (χ0n) is 22.9. The first kappa shape index (κ1) is 28.7. The molecule has 3 heterocycles. The first-order valence-electron chi connectivity index (χ1n) is 13.8. The number of rotatable bonds is 11. The van der Waals surface area contributed by atoms with E-state index in [-0.39, 0.29) is 17.5 Å². The van der Waals surface area contributed by atoms with Crippen molar-refractivity contribution in [3.63, 3.8) is 0 Å². The predicted molar refractivity (Wildman–Crippen MR) is 156 cm³/mol. The summed E-state index contributed by atoms with van der Waals surface area (Å²) in [5.74, 6) is -0.553. The first-order chi connectivity index (χ1) is 19.0. The van der Waals surface area contributed by atoms with Gasteiger partial charge in [-0.1, -0.05) is 36.4 Å². The lowest BCUT2D eigenvalue weighted by atomic mass is 10.1. The van der Waals surface area contributed by atoms with Crippen LogP contribution >= 0.6 is 11.8 Å². The Morgan fingerprint density at radius 3 is 2.56 bits per heavy atom. The number of anilines is 1. The highest BCUT2D eigenvalue weighted by Crippen LogP contribution is 2.39. The first-order valence-corrected chi connectivity index (χ1v) is 14.7. The molecule has 8 nitrogen and oxygen atoms in total. The highest BCUT2D eigenvalue weighted by molar-refractivity contribution is 8.04. The second-order valence-corrected chi connectivity index (χ2v) is 11.5. The third-order valence-corrected chi connectivity index (χ3v) is 8.36. The van der Waals surface area contributed by atoms with Gasteiger partial charge in [-0.05, 0) is 81.9 Å². The minimum atomic E-state index is -0.462. The van der Waals surface area contributed by atoms with Crippen LogP contribution in [0.5, 0.6) is 0 Å². The van der Waals surface area contributed by atoms with Gasteiger partial charge in [0.2, 0.25) is 5.91 Å². The molecule has 1 aromatic carbocycles. The van der Waals surface area contributed by atoms with Gasteiger partial charge in [-0.15, -0.1) is 0 Å². The number of hydrogen-bond donors (Lipinski definition) is 2. The molecule has 0 spiro atoms. The maximum absolute atomic E-state index is 13.3. The van der Waals surface area contributed by atoms with Crippen LogP contribution in [0.4, 0.5) is 5.69 Å². The number of carbonyl (C=O) groups excluding carboxylic acids is 2. The monoisotopic (exact) mass is 546 g/mol. The molecule has 2 aromatic rings. The maximum Gasteiger partial charge on any atom is 0.264 e. The Morgan fingerprint density at radius 2 is 1.90 bits per heavy atom. The quantitative estimate of drug-likeness (QED) is 0.325. The minimum absolute atomic E-state index is 0.0196. The SMILES string of the molecule is CC(C)N1C(=O)C(CNc2ccc(CCN3CCCCC3)cc2)S/C1=C(/C#N)C(=O)NCCc1cccnc1. The zero-order valence-corrected chi connectivity index (χ0v) is 23.7. The van der Waals surface area contributed by atoms with Crippen molar-refractivity contribution in [1.29, 1.82) is 5.26 Å². The summed E-state index contributed by atoms with van der Waals surface area (Å²) in [4.78, 5) is 34.4. The van der Waals surface area contributed by atoms with Gasteiger partial charge in [-0.25, -0.2) is 0 Å². The van der Waals surface area contributed by atoms with Crippen LogP contribution in [-0.2, 0) is 22.4 Å². The van der Waals surface area contributed by atoms with Gasteiger partial charge in [0.15, 0.2) is 0 Å². The Labute approximate surface area is 235 Å². The largest absolute Gasteiger partial charge is 0.383 e. The molecule has 1 atom stereocenters. The Morgan fingerprint density at radius 1 is 1.13 bits per heavy atom. The summed E-state index contributed by atoms with van der Waals surface area (Å²) in [5.41, 5.74) is 3.24. The third-order valence-electron chi connectivity index (χ3n) is 7.09. The second kappa shape index (κ2) is 14.2. The van der Waals surface area contributed by atoms with Crippen molar-refractivity contribution in [2.24, 2.45) is 0 Å².